The number of methoxy groups -OCH3 is 1. The van der Waals surface area contributed by atoms with Crippen LogP contribution in [0.5, 0.6) is 5.75 Å². The van der Waals surface area contributed by atoms with E-state index in [-0.39, 0.29) is 23.5 Å². The molecule has 0 saturated heterocycles. The lowest BCUT2D eigenvalue weighted by molar-refractivity contribution is 0.0914. The van der Waals surface area contributed by atoms with Gasteiger partial charge in [0, 0.05) is 5.39 Å². The number of benzene rings is 2. The van der Waals surface area contributed by atoms with E-state index in [9.17, 15) is 9.18 Å². The van der Waals surface area contributed by atoms with Crippen molar-refractivity contribution in [2.45, 2.75) is 13.0 Å². The van der Waals surface area contributed by atoms with Gasteiger partial charge in [-0.1, -0.05) is 24.3 Å². The number of fused-ring (bicyclic) bond motifs is 1. The number of carbonyl (C=O) groups excluding carboxylic acids is 1. The minimum Gasteiger partial charge on any atom is -0.493 e. The van der Waals surface area contributed by atoms with Gasteiger partial charge in [0.15, 0.2) is 17.1 Å². The summed E-state index contributed by atoms with van der Waals surface area (Å²) in [6.07, 6.45) is 0. The Balaban J connectivity index is 1.81. The third-order valence-electron chi connectivity index (χ3n) is 3.67. The molecule has 4 nitrogen and oxygen atoms in total. The fourth-order valence-corrected chi connectivity index (χ4v) is 2.41. The maximum atomic E-state index is 13.0. The van der Waals surface area contributed by atoms with E-state index in [4.69, 9.17) is 9.15 Å². The Labute approximate surface area is 132 Å². The van der Waals surface area contributed by atoms with Crippen LogP contribution in [-0.2, 0) is 0 Å². The first-order valence-corrected chi connectivity index (χ1v) is 7.21. The monoisotopic (exact) mass is 313 g/mol. The zero-order valence-corrected chi connectivity index (χ0v) is 12.8. The minimum absolute atomic E-state index is 0.207. The molecule has 5 heteroatoms. The van der Waals surface area contributed by atoms with Gasteiger partial charge in [-0.25, -0.2) is 4.39 Å². The predicted octanol–water partition coefficient (Wildman–Crippen LogP) is 4.07. The Morgan fingerprint density at radius 3 is 2.65 bits per heavy atom. The first-order valence-electron chi connectivity index (χ1n) is 7.21. The van der Waals surface area contributed by atoms with E-state index in [1.807, 2.05) is 19.1 Å². The van der Waals surface area contributed by atoms with Gasteiger partial charge in [0.1, 0.15) is 5.82 Å². The first-order chi connectivity index (χ1) is 11.1. The fraction of sp³-hybridized carbons (Fsp3) is 0.167. The first kappa shape index (κ1) is 15.1. The van der Waals surface area contributed by atoms with Crippen molar-refractivity contribution in [3.8, 4) is 5.75 Å². The molecule has 1 aromatic heterocycles. The van der Waals surface area contributed by atoms with Gasteiger partial charge in [0.05, 0.1) is 13.2 Å². The van der Waals surface area contributed by atoms with Gasteiger partial charge >= 0.3 is 0 Å². The standard InChI is InChI=1S/C18H16FNO3/c1-11(12-6-8-14(19)9-7-12)20-18(21)16-10-13-4-3-5-15(22-2)17(13)23-16/h3-11H,1-2H3,(H,20,21). The molecule has 0 aliphatic heterocycles. The van der Waals surface area contributed by atoms with Crippen molar-refractivity contribution in [3.05, 3.63) is 65.7 Å². The maximum absolute atomic E-state index is 13.0. The Hall–Kier alpha value is -2.82. The SMILES string of the molecule is COc1cccc2cc(C(=O)NC(C)c3ccc(F)cc3)oc12. The lowest BCUT2D eigenvalue weighted by Crippen LogP contribution is -2.26. The molecule has 0 saturated carbocycles. The highest BCUT2D eigenvalue weighted by atomic mass is 19.1. The molecule has 118 valence electrons. The van der Waals surface area contributed by atoms with Gasteiger partial charge in [-0.2, -0.15) is 0 Å². The molecule has 3 aromatic rings. The van der Waals surface area contributed by atoms with Crippen molar-refractivity contribution in [2.24, 2.45) is 0 Å². The van der Waals surface area contributed by atoms with Crippen molar-refractivity contribution in [1.82, 2.24) is 5.32 Å². The van der Waals surface area contributed by atoms with Gasteiger partial charge in [-0.3, -0.25) is 4.79 Å². The van der Waals surface area contributed by atoms with Crippen LogP contribution in [0.15, 0.2) is 52.9 Å². The van der Waals surface area contributed by atoms with Crippen molar-refractivity contribution < 1.29 is 18.3 Å². The quantitative estimate of drug-likeness (QED) is 0.790. The number of halogens is 1. The van der Waals surface area contributed by atoms with E-state index in [1.165, 1.54) is 12.1 Å². The van der Waals surface area contributed by atoms with E-state index in [1.54, 1.807) is 31.4 Å². The third-order valence-corrected chi connectivity index (χ3v) is 3.67. The van der Waals surface area contributed by atoms with Gasteiger partial charge in [0.2, 0.25) is 0 Å². The number of hydrogen-bond donors (Lipinski definition) is 1. The van der Waals surface area contributed by atoms with Crippen molar-refractivity contribution in [3.63, 3.8) is 0 Å². The van der Waals surface area contributed by atoms with Crippen LogP contribution in [0.4, 0.5) is 4.39 Å². The summed E-state index contributed by atoms with van der Waals surface area (Å²) in [6.45, 7) is 1.83. The molecule has 1 heterocycles. The minimum atomic E-state index is -0.333. The topological polar surface area (TPSA) is 51.5 Å². The molecule has 3 rings (SSSR count). The number of amides is 1. The number of ether oxygens (including phenoxy) is 1. The molecule has 1 amide bonds. The molecular formula is C18H16FNO3. The summed E-state index contributed by atoms with van der Waals surface area (Å²) in [5, 5.41) is 3.63. The second kappa shape index (κ2) is 6.12. The zero-order valence-electron chi connectivity index (χ0n) is 12.8. The van der Waals surface area contributed by atoms with E-state index in [0.717, 1.165) is 10.9 Å². The summed E-state index contributed by atoms with van der Waals surface area (Å²) in [5.41, 5.74) is 1.35. The third kappa shape index (κ3) is 3.04. The molecule has 0 aliphatic carbocycles. The van der Waals surface area contributed by atoms with Gasteiger partial charge < -0.3 is 14.5 Å². The predicted molar refractivity (Wildman–Crippen MR) is 85.0 cm³/mol. The van der Waals surface area contributed by atoms with E-state index in [2.05, 4.69) is 5.32 Å². The van der Waals surface area contributed by atoms with Crippen LogP contribution in [0, 0.1) is 5.82 Å². The van der Waals surface area contributed by atoms with Crippen molar-refractivity contribution >= 4 is 16.9 Å². The number of furan rings is 1. The molecule has 0 bridgehead atoms. The smallest absolute Gasteiger partial charge is 0.287 e. The van der Waals surface area contributed by atoms with Gasteiger partial charge in [-0.15, -0.1) is 0 Å². The van der Waals surface area contributed by atoms with Crippen LogP contribution in [-0.4, -0.2) is 13.0 Å². The number of hydrogen-bond acceptors (Lipinski definition) is 3. The Kier molecular flexibility index (Phi) is 4.02. The molecule has 2 aromatic carbocycles. The summed E-state index contributed by atoms with van der Waals surface area (Å²) in [5.74, 6) is 0.142. The zero-order chi connectivity index (χ0) is 16.4. The normalized spacial score (nSPS) is 12.1. The number of rotatable bonds is 4. The number of nitrogens with one attached hydrogen (secondary N) is 1. The van der Waals surface area contributed by atoms with E-state index in [0.29, 0.717) is 11.3 Å². The van der Waals surface area contributed by atoms with Gasteiger partial charge in [0.25, 0.3) is 5.91 Å². The summed E-state index contributed by atoms with van der Waals surface area (Å²) < 4.78 is 23.8. The molecule has 1 atom stereocenters. The van der Waals surface area contributed by atoms with Gasteiger partial charge in [-0.05, 0) is 36.8 Å². The second-order valence-electron chi connectivity index (χ2n) is 5.24. The van der Waals surface area contributed by atoms with Crippen molar-refractivity contribution in [2.75, 3.05) is 7.11 Å². The lowest BCUT2D eigenvalue weighted by atomic mass is 10.1. The highest BCUT2D eigenvalue weighted by Gasteiger charge is 2.17. The molecule has 0 radical (unpaired) electrons. The summed E-state index contributed by atoms with van der Waals surface area (Å²) in [7, 11) is 1.55. The number of para-hydroxylation sites is 1. The maximum Gasteiger partial charge on any atom is 0.287 e. The highest BCUT2D eigenvalue weighted by Crippen LogP contribution is 2.28. The molecule has 0 fully saturated rings. The summed E-state index contributed by atoms with van der Waals surface area (Å²) in [4.78, 5) is 12.3. The van der Waals surface area contributed by atoms with Crippen LogP contribution in [0.1, 0.15) is 29.1 Å². The molecule has 1 N–H and O–H groups in total. The molecule has 0 aliphatic rings. The average molecular weight is 313 g/mol. The molecule has 1 unspecified atom stereocenters. The average Bonchev–Trinajstić information content (AvgIpc) is 2.99. The van der Waals surface area contributed by atoms with Crippen LogP contribution in [0.2, 0.25) is 0 Å². The lowest BCUT2D eigenvalue weighted by Gasteiger charge is -2.13. The summed E-state index contributed by atoms with van der Waals surface area (Å²) in [6, 6.07) is 12.9. The Bertz CT molecular complexity index is 839. The Morgan fingerprint density at radius 2 is 1.96 bits per heavy atom. The second-order valence-corrected chi connectivity index (χ2v) is 5.24. The van der Waals surface area contributed by atoms with Crippen LogP contribution < -0.4 is 10.1 Å². The van der Waals surface area contributed by atoms with Crippen molar-refractivity contribution in [1.29, 1.82) is 0 Å². The van der Waals surface area contributed by atoms with Crippen LogP contribution >= 0.6 is 0 Å². The Morgan fingerprint density at radius 1 is 1.22 bits per heavy atom. The molecule has 0 spiro atoms. The largest absolute Gasteiger partial charge is 0.493 e. The molecular weight excluding hydrogens is 297 g/mol. The van der Waals surface area contributed by atoms with Crippen LogP contribution in [0.25, 0.3) is 11.0 Å². The highest BCUT2D eigenvalue weighted by molar-refractivity contribution is 5.97. The van der Waals surface area contributed by atoms with Crippen LogP contribution in [0.3, 0.4) is 0 Å². The number of carbonyl (C=O) groups is 1. The van der Waals surface area contributed by atoms with E-state index < -0.39 is 0 Å². The fourth-order valence-electron chi connectivity index (χ4n) is 2.41. The summed E-state index contributed by atoms with van der Waals surface area (Å²) >= 11 is 0. The van der Waals surface area contributed by atoms with E-state index >= 15 is 0 Å². The molecule has 23 heavy (non-hydrogen) atoms.